The number of nitrogen functional groups attached to an aromatic ring is 1. The molecule has 1 heterocycles. The molecule has 1 aliphatic rings. The number of nitrogens with zero attached hydrogens (tertiary/aromatic N) is 2. The molecular formula is C12H19N3O. The molecule has 0 saturated heterocycles. The normalized spacial score (nSPS) is 18.1. The number of aromatic nitrogens is 2. The zero-order valence-electron chi connectivity index (χ0n) is 9.78. The van der Waals surface area contributed by atoms with Gasteiger partial charge in [-0.05, 0) is 32.6 Å². The van der Waals surface area contributed by atoms with Gasteiger partial charge < -0.3 is 10.5 Å². The molecule has 0 aromatic carbocycles. The molecule has 1 saturated carbocycles. The topological polar surface area (TPSA) is 61.0 Å². The minimum absolute atomic E-state index is 0.302. The van der Waals surface area contributed by atoms with Crippen molar-refractivity contribution >= 4 is 5.82 Å². The Hall–Kier alpha value is -1.32. The summed E-state index contributed by atoms with van der Waals surface area (Å²) in [6, 6.07) is 1.71. The zero-order valence-corrected chi connectivity index (χ0v) is 9.78. The largest absolute Gasteiger partial charge is 0.474 e. The first-order valence-corrected chi connectivity index (χ1v) is 6.02. The van der Waals surface area contributed by atoms with Gasteiger partial charge in [-0.25, -0.2) is 4.98 Å². The lowest BCUT2D eigenvalue weighted by Crippen LogP contribution is -2.16. The summed E-state index contributed by atoms with van der Waals surface area (Å²) in [6.07, 6.45) is 7.71. The maximum Gasteiger partial charge on any atom is 0.218 e. The lowest BCUT2D eigenvalue weighted by Gasteiger charge is -2.16. The molecule has 4 nitrogen and oxygen atoms in total. The van der Waals surface area contributed by atoms with E-state index in [1.54, 1.807) is 6.07 Å². The van der Waals surface area contributed by atoms with Crippen molar-refractivity contribution in [2.45, 2.75) is 51.6 Å². The highest BCUT2D eigenvalue weighted by Crippen LogP contribution is 2.22. The van der Waals surface area contributed by atoms with Crippen molar-refractivity contribution < 1.29 is 4.74 Å². The first-order valence-electron chi connectivity index (χ1n) is 6.02. The molecule has 88 valence electrons. The van der Waals surface area contributed by atoms with Gasteiger partial charge in [-0.1, -0.05) is 12.8 Å². The van der Waals surface area contributed by atoms with Crippen LogP contribution in [0.5, 0.6) is 5.88 Å². The fourth-order valence-electron chi connectivity index (χ4n) is 2.15. The third-order valence-electron chi connectivity index (χ3n) is 2.92. The molecule has 0 spiro atoms. The molecule has 0 bridgehead atoms. The molecule has 0 radical (unpaired) electrons. The Morgan fingerprint density at radius 3 is 2.50 bits per heavy atom. The molecular weight excluding hydrogens is 202 g/mol. The molecule has 0 amide bonds. The van der Waals surface area contributed by atoms with Gasteiger partial charge in [0, 0.05) is 6.07 Å². The maximum atomic E-state index is 5.87. The molecule has 1 aromatic rings. The van der Waals surface area contributed by atoms with Crippen molar-refractivity contribution in [2.24, 2.45) is 0 Å². The van der Waals surface area contributed by atoms with E-state index in [-0.39, 0.29) is 0 Å². The summed E-state index contributed by atoms with van der Waals surface area (Å²) < 4.78 is 5.87. The van der Waals surface area contributed by atoms with Crippen LogP contribution in [0.1, 0.15) is 44.3 Å². The van der Waals surface area contributed by atoms with E-state index in [2.05, 4.69) is 9.97 Å². The van der Waals surface area contributed by atoms with Gasteiger partial charge in [-0.2, -0.15) is 4.98 Å². The number of ether oxygens (including phenoxy) is 1. The number of hydrogen-bond donors (Lipinski definition) is 1. The molecule has 1 aromatic heterocycles. The summed E-state index contributed by atoms with van der Waals surface area (Å²) in [5.41, 5.74) is 5.66. The highest BCUT2D eigenvalue weighted by atomic mass is 16.5. The molecule has 2 N–H and O–H groups in total. The van der Waals surface area contributed by atoms with Crippen LogP contribution in [0.25, 0.3) is 0 Å². The van der Waals surface area contributed by atoms with Crippen molar-refractivity contribution in [3.63, 3.8) is 0 Å². The quantitative estimate of drug-likeness (QED) is 0.779. The van der Waals surface area contributed by atoms with Crippen molar-refractivity contribution in [2.75, 3.05) is 5.73 Å². The van der Waals surface area contributed by atoms with Crippen LogP contribution in [0.15, 0.2) is 6.07 Å². The second kappa shape index (κ2) is 5.14. The smallest absolute Gasteiger partial charge is 0.218 e. The standard InChI is InChI=1S/C12H19N3O/c1-9-14-11(13)8-12(15-9)16-10-6-4-2-3-5-7-10/h8,10H,2-7H2,1H3,(H2,13,14,15). The Morgan fingerprint density at radius 1 is 1.19 bits per heavy atom. The molecule has 4 heteroatoms. The molecule has 16 heavy (non-hydrogen) atoms. The SMILES string of the molecule is Cc1nc(N)cc(OC2CCCCCC2)n1. The summed E-state index contributed by atoms with van der Waals surface area (Å²) in [5.74, 6) is 1.77. The predicted molar refractivity (Wildman–Crippen MR) is 63.3 cm³/mol. The first-order chi connectivity index (χ1) is 7.74. The minimum atomic E-state index is 0.302. The lowest BCUT2D eigenvalue weighted by molar-refractivity contribution is 0.175. The summed E-state index contributed by atoms with van der Waals surface area (Å²) in [7, 11) is 0. The van der Waals surface area contributed by atoms with Crippen LogP contribution in [0.2, 0.25) is 0 Å². The zero-order chi connectivity index (χ0) is 11.4. The number of nitrogens with two attached hydrogens (primary N) is 1. The Bertz CT molecular complexity index is 326. The lowest BCUT2D eigenvalue weighted by atomic mass is 10.1. The van der Waals surface area contributed by atoms with E-state index >= 15 is 0 Å². The fraction of sp³-hybridized carbons (Fsp3) is 0.667. The number of aryl methyl sites for hydroxylation is 1. The molecule has 0 unspecified atom stereocenters. The van der Waals surface area contributed by atoms with Gasteiger partial charge in [-0.15, -0.1) is 0 Å². The van der Waals surface area contributed by atoms with E-state index in [0.29, 0.717) is 23.6 Å². The Kier molecular flexibility index (Phi) is 3.59. The summed E-state index contributed by atoms with van der Waals surface area (Å²) >= 11 is 0. The monoisotopic (exact) mass is 221 g/mol. The summed E-state index contributed by atoms with van der Waals surface area (Å²) in [5, 5.41) is 0. The van der Waals surface area contributed by atoms with Gasteiger partial charge in [0.25, 0.3) is 0 Å². The number of hydrogen-bond acceptors (Lipinski definition) is 4. The average Bonchev–Trinajstić information content (AvgIpc) is 2.44. The second-order valence-corrected chi connectivity index (χ2v) is 4.41. The van der Waals surface area contributed by atoms with Gasteiger partial charge >= 0.3 is 0 Å². The summed E-state index contributed by atoms with van der Waals surface area (Å²) in [6.45, 7) is 1.83. The van der Waals surface area contributed by atoms with Crippen LogP contribution in [0.4, 0.5) is 5.82 Å². The predicted octanol–water partition coefficient (Wildman–Crippen LogP) is 2.47. The van der Waals surface area contributed by atoms with Gasteiger partial charge in [0.1, 0.15) is 17.7 Å². The van der Waals surface area contributed by atoms with E-state index in [1.807, 2.05) is 6.92 Å². The molecule has 0 atom stereocenters. The number of anilines is 1. The maximum absolute atomic E-state index is 5.87. The second-order valence-electron chi connectivity index (χ2n) is 4.41. The Labute approximate surface area is 96.2 Å². The van der Waals surface area contributed by atoms with Gasteiger partial charge in [0.15, 0.2) is 0 Å². The third-order valence-corrected chi connectivity index (χ3v) is 2.92. The van der Waals surface area contributed by atoms with Crippen molar-refractivity contribution in [3.8, 4) is 5.88 Å². The minimum Gasteiger partial charge on any atom is -0.474 e. The number of rotatable bonds is 2. The highest BCUT2D eigenvalue weighted by molar-refractivity contribution is 5.32. The third kappa shape index (κ3) is 3.08. The van der Waals surface area contributed by atoms with Gasteiger partial charge in [0.2, 0.25) is 5.88 Å². The van der Waals surface area contributed by atoms with E-state index < -0.39 is 0 Å². The van der Waals surface area contributed by atoms with E-state index in [0.717, 1.165) is 12.8 Å². The van der Waals surface area contributed by atoms with Gasteiger partial charge in [0.05, 0.1) is 0 Å². The van der Waals surface area contributed by atoms with Gasteiger partial charge in [-0.3, -0.25) is 0 Å². The summed E-state index contributed by atoms with van der Waals surface area (Å²) in [4.78, 5) is 8.28. The van der Waals surface area contributed by atoms with Crippen molar-refractivity contribution in [3.05, 3.63) is 11.9 Å². The van der Waals surface area contributed by atoms with E-state index in [9.17, 15) is 0 Å². The molecule has 1 fully saturated rings. The van der Waals surface area contributed by atoms with Crippen LogP contribution in [0, 0.1) is 6.92 Å². The average molecular weight is 221 g/mol. The van der Waals surface area contributed by atoms with Crippen LogP contribution < -0.4 is 10.5 Å². The van der Waals surface area contributed by atoms with Crippen LogP contribution in [-0.4, -0.2) is 16.1 Å². The van der Waals surface area contributed by atoms with Crippen LogP contribution in [-0.2, 0) is 0 Å². The van der Waals surface area contributed by atoms with E-state index in [1.165, 1.54) is 25.7 Å². The Morgan fingerprint density at radius 2 is 1.88 bits per heavy atom. The van der Waals surface area contributed by atoms with E-state index in [4.69, 9.17) is 10.5 Å². The van der Waals surface area contributed by atoms with Crippen molar-refractivity contribution in [1.82, 2.24) is 9.97 Å². The van der Waals surface area contributed by atoms with Crippen LogP contribution in [0.3, 0.4) is 0 Å². The van der Waals surface area contributed by atoms with Crippen LogP contribution >= 0.6 is 0 Å². The molecule has 0 aliphatic heterocycles. The first kappa shape index (κ1) is 11.2. The Balaban J connectivity index is 2.01. The van der Waals surface area contributed by atoms with Crippen molar-refractivity contribution in [1.29, 1.82) is 0 Å². The fourth-order valence-corrected chi connectivity index (χ4v) is 2.15. The highest BCUT2D eigenvalue weighted by Gasteiger charge is 2.14. The molecule has 1 aliphatic carbocycles. The molecule has 2 rings (SSSR count).